The Morgan fingerprint density at radius 1 is 1.11 bits per heavy atom. The number of nitrogens with one attached hydrogen (secondary N) is 1. The van der Waals surface area contributed by atoms with Crippen LogP contribution in [0.25, 0.3) is 0 Å². The Balaban J connectivity index is 2.06. The maximum absolute atomic E-state index is 13.7. The van der Waals surface area contributed by atoms with Gasteiger partial charge in [0.1, 0.15) is 17.4 Å². The van der Waals surface area contributed by atoms with E-state index in [-0.39, 0.29) is 12.2 Å². The van der Waals surface area contributed by atoms with E-state index in [0.717, 1.165) is 5.56 Å². The zero-order valence-electron chi connectivity index (χ0n) is 21.6. The number of carbonyl (C=O) groups is 3. The van der Waals surface area contributed by atoms with Crippen LogP contribution in [0.4, 0.5) is 16.2 Å². The number of carbonyl (C=O) groups excluding carboxylic acids is 3. The van der Waals surface area contributed by atoms with Crippen LogP contribution in [0, 0.1) is 30.9 Å². The molecule has 0 aromatic heterocycles. The molecule has 2 aromatic rings. The summed E-state index contributed by atoms with van der Waals surface area (Å²) in [7, 11) is 0. The number of aryl methyl sites for hydroxylation is 1. The molecule has 0 radical (unpaired) electrons. The van der Waals surface area contributed by atoms with Gasteiger partial charge in [0, 0.05) is 31.3 Å². The standard InChI is InChI=1S/C26H31N3O7/c1-14-12-21(15(2)16(3)23(14)35-17(4)30)27-24(31)22-20-13-19(29(33)34)9-8-18(20)10-11-28(22)25(32)36-26(5,6)7/h8-9,12-13,22H,10-11H2,1-7H3,(H,27,31). The van der Waals surface area contributed by atoms with Crippen molar-refractivity contribution in [3.8, 4) is 5.75 Å². The van der Waals surface area contributed by atoms with Gasteiger partial charge in [-0.1, -0.05) is 6.07 Å². The topological polar surface area (TPSA) is 128 Å². The first-order valence-electron chi connectivity index (χ1n) is 11.6. The fourth-order valence-electron chi connectivity index (χ4n) is 4.21. The van der Waals surface area contributed by atoms with Crippen molar-refractivity contribution in [2.45, 2.75) is 66.5 Å². The zero-order chi connectivity index (χ0) is 26.9. The molecule has 0 fully saturated rings. The second-order valence-corrected chi connectivity index (χ2v) is 9.87. The minimum atomic E-state index is -1.14. The van der Waals surface area contributed by atoms with Gasteiger partial charge in [0.2, 0.25) is 0 Å². The average molecular weight is 498 g/mol. The number of esters is 1. The van der Waals surface area contributed by atoms with E-state index in [4.69, 9.17) is 9.47 Å². The van der Waals surface area contributed by atoms with Crippen molar-refractivity contribution in [1.82, 2.24) is 4.90 Å². The van der Waals surface area contributed by atoms with Gasteiger partial charge >= 0.3 is 12.1 Å². The maximum Gasteiger partial charge on any atom is 0.411 e. The van der Waals surface area contributed by atoms with Crippen LogP contribution in [0.2, 0.25) is 0 Å². The van der Waals surface area contributed by atoms with Gasteiger partial charge in [0.05, 0.1) is 4.92 Å². The van der Waals surface area contributed by atoms with Crippen LogP contribution < -0.4 is 10.1 Å². The molecule has 1 aliphatic rings. The summed E-state index contributed by atoms with van der Waals surface area (Å²) in [6, 6.07) is 4.89. The summed E-state index contributed by atoms with van der Waals surface area (Å²) in [6.45, 7) is 12.0. The largest absolute Gasteiger partial charge is 0.444 e. The van der Waals surface area contributed by atoms with Crippen molar-refractivity contribution < 1.29 is 28.8 Å². The van der Waals surface area contributed by atoms with Crippen molar-refractivity contribution in [3.05, 3.63) is 62.2 Å². The van der Waals surface area contributed by atoms with E-state index in [9.17, 15) is 24.5 Å². The highest BCUT2D eigenvalue weighted by atomic mass is 16.6. The molecule has 36 heavy (non-hydrogen) atoms. The number of nitro groups is 1. The summed E-state index contributed by atoms with van der Waals surface area (Å²) in [4.78, 5) is 50.5. The molecular formula is C26H31N3O7. The minimum Gasteiger partial charge on any atom is -0.444 e. The molecule has 2 aromatic carbocycles. The van der Waals surface area contributed by atoms with Gasteiger partial charge in [-0.2, -0.15) is 0 Å². The Kier molecular flexibility index (Phi) is 7.38. The molecule has 1 heterocycles. The third kappa shape index (κ3) is 5.64. The van der Waals surface area contributed by atoms with E-state index in [1.807, 2.05) is 0 Å². The van der Waals surface area contributed by atoms with E-state index < -0.39 is 34.5 Å². The molecule has 1 aliphatic heterocycles. The molecule has 192 valence electrons. The van der Waals surface area contributed by atoms with Gasteiger partial charge in [-0.3, -0.25) is 24.6 Å². The molecule has 1 N–H and O–H groups in total. The normalized spacial score (nSPS) is 15.1. The Hall–Kier alpha value is -3.95. The first-order valence-corrected chi connectivity index (χ1v) is 11.6. The van der Waals surface area contributed by atoms with Gasteiger partial charge in [0.25, 0.3) is 11.6 Å². The predicted octanol–water partition coefficient (Wildman–Crippen LogP) is 4.92. The van der Waals surface area contributed by atoms with Gasteiger partial charge in [-0.15, -0.1) is 0 Å². The van der Waals surface area contributed by atoms with Crippen LogP contribution in [-0.2, 0) is 20.7 Å². The summed E-state index contributed by atoms with van der Waals surface area (Å²) in [5, 5.41) is 14.3. The highest BCUT2D eigenvalue weighted by molar-refractivity contribution is 5.99. The number of hydrogen-bond acceptors (Lipinski definition) is 7. The summed E-state index contributed by atoms with van der Waals surface area (Å²) in [5.41, 5.74) is 2.65. The van der Waals surface area contributed by atoms with E-state index in [1.165, 1.54) is 24.0 Å². The Morgan fingerprint density at radius 3 is 2.36 bits per heavy atom. The van der Waals surface area contributed by atoms with Crippen molar-refractivity contribution in [1.29, 1.82) is 0 Å². The molecule has 1 atom stereocenters. The second-order valence-electron chi connectivity index (χ2n) is 9.87. The van der Waals surface area contributed by atoms with Crippen LogP contribution in [0.5, 0.6) is 5.75 Å². The quantitative estimate of drug-likeness (QED) is 0.275. The lowest BCUT2D eigenvalue weighted by Crippen LogP contribution is -2.47. The number of fused-ring (bicyclic) bond motifs is 1. The molecule has 0 spiro atoms. The van der Waals surface area contributed by atoms with E-state index in [1.54, 1.807) is 53.7 Å². The maximum atomic E-state index is 13.7. The molecule has 0 saturated heterocycles. The zero-order valence-corrected chi connectivity index (χ0v) is 21.6. The third-order valence-corrected chi connectivity index (χ3v) is 5.97. The number of hydrogen-bond donors (Lipinski definition) is 1. The third-order valence-electron chi connectivity index (χ3n) is 5.97. The predicted molar refractivity (Wildman–Crippen MR) is 133 cm³/mol. The van der Waals surface area contributed by atoms with Gasteiger partial charge in [-0.25, -0.2) is 4.79 Å². The number of non-ortho nitro benzene ring substituents is 1. The van der Waals surface area contributed by atoms with E-state index in [0.29, 0.717) is 40.1 Å². The summed E-state index contributed by atoms with van der Waals surface area (Å²) in [5.74, 6) is -0.567. The number of amides is 2. The van der Waals surface area contributed by atoms with Crippen LogP contribution in [-0.4, -0.2) is 39.9 Å². The highest BCUT2D eigenvalue weighted by Gasteiger charge is 2.39. The average Bonchev–Trinajstić information content (AvgIpc) is 2.77. The molecule has 0 aliphatic carbocycles. The fraction of sp³-hybridized carbons (Fsp3) is 0.423. The monoisotopic (exact) mass is 497 g/mol. The molecular weight excluding hydrogens is 466 g/mol. The first-order chi connectivity index (χ1) is 16.7. The van der Waals surface area contributed by atoms with Crippen molar-refractivity contribution in [2.75, 3.05) is 11.9 Å². The van der Waals surface area contributed by atoms with E-state index >= 15 is 0 Å². The number of nitrogens with zero attached hydrogens (tertiary/aromatic N) is 2. The first kappa shape index (κ1) is 26.7. The van der Waals surface area contributed by atoms with Crippen LogP contribution in [0.15, 0.2) is 24.3 Å². The van der Waals surface area contributed by atoms with Gasteiger partial charge in [0.15, 0.2) is 0 Å². The van der Waals surface area contributed by atoms with Crippen LogP contribution >= 0.6 is 0 Å². The molecule has 0 saturated carbocycles. The lowest BCUT2D eigenvalue weighted by molar-refractivity contribution is -0.385. The van der Waals surface area contributed by atoms with Crippen LogP contribution in [0.1, 0.15) is 61.6 Å². The molecule has 1 unspecified atom stereocenters. The molecule has 2 amide bonds. The van der Waals surface area contributed by atoms with Crippen molar-refractivity contribution >= 4 is 29.3 Å². The lowest BCUT2D eigenvalue weighted by atomic mass is 9.91. The Bertz CT molecular complexity index is 1250. The molecule has 3 rings (SSSR count). The summed E-state index contributed by atoms with van der Waals surface area (Å²) < 4.78 is 10.9. The van der Waals surface area contributed by atoms with E-state index in [2.05, 4.69) is 5.32 Å². The molecule has 10 nitrogen and oxygen atoms in total. The summed E-state index contributed by atoms with van der Waals surface area (Å²) in [6.07, 6.45) is -0.265. The van der Waals surface area contributed by atoms with Gasteiger partial charge in [-0.05, 0) is 81.8 Å². The number of anilines is 1. The number of benzene rings is 2. The van der Waals surface area contributed by atoms with Gasteiger partial charge < -0.3 is 14.8 Å². The summed E-state index contributed by atoms with van der Waals surface area (Å²) >= 11 is 0. The van der Waals surface area contributed by atoms with Crippen molar-refractivity contribution in [3.63, 3.8) is 0 Å². The number of nitro benzene ring substituents is 1. The minimum absolute atomic E-state index is 0.175. The van der Waals surface area contributed by atoms with Crippen LogP contribution in [0.3, 0.4) is 0 Å². The lowest BCUT2D eigenvalue weighted by Gasteiger charge is -2.37. The smallest absolute Gasteiger partial charge is 0.411 e. The second kappa shape index (κ2) is 9.96. The Labute approximate surface area is 209 Å². The molecule has 0 bridgehead atoms. The number of rotatable bonds is 4. The number of ether oxygens (including phenoxy) is 2. The highest BCUT2D eigenvalue weighted by Crippen LogP contribution is 2.36. The fourth-order valence-corrected chi connectivity index (χ4v) is 4.21. The SMILES string of the molecule is CC(=O)Oc1c(C)cc(NC(=O)C2c3cc([N+](=O)[O-])ccc3CCN2C(=O)OC(C)(C)C)c(C)c1C. The van der Waals surface area contributed by atoms with Crippen molar-refractivity contribution in [2.24, 2.45) is 0 Å². The Morgan fingerprint density at radius 2 is 1.78 bits per heavy atom. The molecule has 10 heteroatoms.